The first-order valence-electron chi connectivity index (χ1n) is 8.87. The summed E-state index contributed by atoms with van der Waals surface area (Å²) >= 11 is 0. The summed E-state index contributed by atoms with van der Waals surface area (Å²) in [5.74, 6) is -0.139. The Hall–Kier alpha value is -3.40. The highest BCUT2D eigenvalue weighted by molar-refractivity contribution is 5.98. The smallest absolute Gasteiger partial charge is 0.246 e. The molecule has 0 spiro atoms. The van der Waals surface area contributed by atoms with E-state index in [1.54, 1.807) is 24.3 Å². The lowest BCUT2D eigenvalue weighted by Crippen LogP contribution is -2.31. The van der Waals surface area contributed by atoms with Crippen LogP contribution in [0, 0.1) is 0 Å². The van der Waals surface area contributed by atoms with E-state index >= 15 is 0 Å². The largest absolute Gasteiger partial charge is 0.374 e. The summed E-state index contributed by atoms with van der Waals surface area (Å²) in [5, 5.41) is 6.06. The molecule has 136 valence electrons. The minimum atomic E-state index is -0.403. The summed E-state index contributed by atoms with van der Waals surface area (Å²) in [4.78, 5) is 23.7. The van der Waals surface area contributed by atoms with Crippen molar-refractivity contribution in [3.63, 3.8) is 0 Å². The van der Waals surface area contributed by atoms with Crippen LogP contribution in [0.5, 0.6) is 0 Å². The summed E-state index contributed by atoms with van der Waals surface area (Å²) in [6, 6.07) is 24.6. The monoisotopic (exact) mass is 358 g/mol. The number of hydrogen-bond donors (Lipinski definition) is 2. The summed E-state index contributed by atoms with van der Waals surface area (Å²) in [5.41, 5.74) is 4.45. The number of Topliss-reactive ketones (excluding diaryl/α,β-unsaturated/α-hetero) is 1. The van der Waals surface area contributed by atoms with E-state index in [1.807, 2.05) is 49.4 Å². The number of rotatable bonds is 6. The standard InChI is InChI=1S/C23H22N2O2/c1-16(23(27)25-22-12-8-18(9-13-22)17(2)26)24-21-14-10-20(11-15-21)19-6-4-3-5-7-19/h3-16,24H,1-2H3,(H,25,27)/t16-/m0/s1. The van der Waals surface area contributed by atoms with E-state index < -0.39 is 6.04 Å². The van der Waals surface area contributed by atoms with Crippen LogP contribution in [0.2, 0.25) is 0 Å². The van der Waals surface area contributed by atoms with Crippen LogP contribution in [0.4, 0.5) is 11.4 Å². The highest BCUT2D eigenvalue weighted by Crippen LogP contribution is 2.21. The fraction of sp³-hybridized carbons (Fsp3) is 0.130. The van der Waals surface area contributed by atoms with Crippen LogP contribution in [0.15, 0.2) is 78.9 Å². The van der Waals surface area contributed by atoms with Gasteiger partial charge in [-0.25, -0.2) is 0 Å². The zero-order valence-corrected chi connectivity index (χ0v) is 15.4. The van der Waals surface area contributed by atoms with Gasteiger partial charge < -0.3 is 10.6 Å². The molecule has 0 saturated carbocycles. The molecule has 0 fully saturated rings. The Morgan fingerprint density at radius 3 is 1.89 bits per heavy atom. The normalized spacial score (nSPS) is 11.5. The van der Waals surface area contributed by atoms with Crippen molar-refractivity contribution in [2.24, 2.45) is 0 Å². The van der Waals surface area contributed by atoms with Gasteiger partial charge in [-0.1, -0.05) is 42.5 Å². The van der Waals surface area contributed by atoms with Crippen LogP contribution in [-0.4, -0.2) is 17.7 Å². The third kappa shape index (κ3) is 4.82. The minimum absolute atomic E-state index is 0.00172. The van der Waals surface area contributed by atoms with Crippen molar-refractivity contribution in [1.29, 1.82) is 0 Å². The molecule has 0 unspecified atom stereocenters. The number of carbonyl (C=O) groups excluding carboxylic acids is 2. The molecule has 27 heavy (non-hydrogen) atoms. The van der Waals surface area contributed by atoms with Crippen molar-refractivity contribution in [3.05, 3.63) is 84.4 Å². The Morgan fingerprint density at radius 2 is 1.30 bits per heavy atom. The van der Waals surface area contributed by atoms with Gasteiger partial charge in [0.05, 0.1) is 0 Å². The predicted octanol–water partition coefficient (Wildman–Crippen LogP) is 5.00. The molecule has 2 N–H and O–H groups in total. The van der Waals surface area contributed by atoms with E-state index in [4.69, 9.17) is 0 Å². The van der Waals surface area contributed by atoms with Crippen LogP contribution >= 0.6 is 0 Å². The molecule has 4 nitrogen and oxygen atoms in total. The van der Waals surface area contributed by atoms with Gasteiger partial charge in [0.2, 0.25) is 5.91 Å². The Labute approximate surface area is 159 Å². The molecule has 0 aliphatic rings. The number of hydrogen-bond acceptors (Lipinski definition) is 3. The van der Waals surface area contributed by atoms with Crippen molar-refractivity contribution in [2.75, 3.05) is 10.6 Å². The molecular weight excluding hydrogens is 336 g/mol. The lowest BCUT2D eigenvalue weighted by molar-refractivity contribution is -0.116. The van der Waals surface area contributed by atoms with E-state index in [2.05, 4.69) is 22.8 Å². The first kappa shape index (κ1) is 18.4. The molecule has 0 aromatic heterocycles. The second kappa shape index (κ2) is 8.32. The molecular formula is C23H22N2O2. The van der Waals surface area contributed by atoms with Gasteiger partial charge in [-0.05, 0) is 61.4 Å². The van der Waals surface area contributed by atoms with Gasteiger partial charge in [-0.3, -0.25) is 9.59 Å². The van der Waals surface area contributed by atoms with Crippen molar-refractivity contribution in [3.8, 4) is 11.1 Å². The van der Waals surface area contributed by atoms with Crippen molar-refractivity contribution in [1.82, 2.24) is 0 Å². The second-order valence-corrected chi connectivity index (χ2v) is 6.43. The summed E-state index contributed by atoms with van der Waals surface area (Å²) in [6.07, 6.45) is 0. The summed E-state index contributed by atoms with van der Waals surface area (Å²) in [7, 11) is 0. The molecule has 0 aliphatic heterocycles. The van der Waals surface area contributed by atoms with Gasteiger partial charge in [0.1, 0.15) is 6.04 Å². The zero-order chi connectivity index (χ0) is 19.2. The highest BCUT2D eigenvalue weighted by atomic mass is 16.2. The molecule has 1 atom stereocenters. The van der Waals surface area contributed by atoms with Gasteiger partial charge in [0, 0.05) is 16.9 Å². The van der Waals surface area contributed by atoms with Gasteiger partial charge in [0.25, 0.3) is 0 Å². The summed E-state index contributed by atoms with van der Waals surface area (Å²) < 4.78 is 0. The maximum Gasteiger partial charge on any atom is 0.246 e. The van der Waals surface area contributed by atoms with E-state index in [-0.39, 0.29) is 11.7 Å². The van der Waals surface area contributed by atoms with Gasteiger partial charge >= 0.3 is 0 Å². The Morgan fingerprint density at radius 1 is 0.741 bits per heavy atom. The average Bonchev–Trinajstić information content (AvgIpc) is 2.69. The first-order chi connectivity index (χ1) is 13.0. The van der Waals surface area contributed by atoms with Crippen molar-refractivity contribution >= 4 is 23.1 Å². The second-order valence-electron chi connectivity index (χ2n) is 6.43. The maximum atomic E-state index is 12.4. The average molecular weight is 358 g/mol. The fourth-order valence-corrected chi connectivity index (χ4v) is 2.74. The van der Waals surface area contributed by atoms with Gasteiger partial charge in [0.15, 0.2) is 5.78 Å². The fourth-order valence-electron chi connectivity index (χ4n) is 2.74. The summed E-state index contributed by atoms with van der Waals surface area (Å²) in [6.45, 7) is 3.33. The van der Waals surface area contributed by atoms with E-state index in [0.29, 0.717) is 11.3 Å². The van der Waals surface area contributed by atoms with Crippen LogP contribution < -0.4 is 10.6 Å². The number of ketones is 1. The van der Waals surface area contributed by atoms with Crippen LogP contribution in [-0.2, 0) is 4.79 Å². The van der Waals surface area contributed by atoms with Crippen LogP contribution in [0.1, 0.15) is 24.2 Å². The molecule has 3 aromatic rings. The zero-order valence-electron chi connectivity index (χ0n) is 15.4. The molecule has 3 rings (SSSR count). The number of nitrogens with one attached hydrogen (secondary N) is 2. The van der Waals surface area contributed by atoms with E-state index in [0.717, 1.165) is 16.8 Å². The van der Waals surface area contributed by atoms with Crippen LogP contribution in [0.3, 0.4) is 0 Å². The topological polar surface area (TPSA) is 58.2 Å². The molecule has 0 bridgehead atoms. The SMILES string of the molecule is CC(=O)c1ccc(NC(=O)[C@H](C)Nc2ccc(-c3ccccc3)cc2)cc1. The molecule has 0 aliphatic carbocycles. The lowest BCUT2D eigenvalue weighted by atomic mass is 10.1. The van der Waals surface area contributed by atoms with Gasteiger partial charge in [-0.15, -0.1) is 0 Å². The van der Waals surface area contributed by atoms with E-state index in [1.165, 1.54) is 6.92 Å². The number of benzene rings is 3. The van der Waals surface area contributed by atoms with Crippen molar-refractivity contribution < 1.29 is 9.59 Å². The Bertz CT molecular complexity index is 917. The quantitative estimate of drug-likeness (QED) is 0.610. The molecule has 0 saturated heterocycles. The Kier molecular flexibility index (Phi) is 5.67. The number of anilines is 2. The third-order valence-corrected chi connectivity index (χ3v) is 4.33. The minimum Gasteiger partial charge on any atom is -0.374 e. The van der Waals surface area contributed by atoms with Crippen LogP contribution in [0.25, 0.3) is 11.1 Å². The molecule has 1 amide bonds. The first-order valence-corrected chi connectivity index (χ1v) is 8.87. The predicted molar refractivity (Wildman–Crippen MR) is 110 cm³/mol. The lowest BCUT2D eigenvalue weighted by Gasteiger charge is -2.16. The highest BCUT2D eigenvalue weighted by Gasteiger charge is 2.13. The van der Waals surface area contributed by atoms with E-state index in [9.17, 15) is 9.59 Å². The van der Waals surface area contributed by atoms with Crippen molar-refractivity contribution in [2.45, 2.75) is 19.9 Å². The maximum absolute atomic E-state index is 12.4. The number of amides is 1. The third-order valence-electron chi connectivity index (χ3n) is 4.33. The molecule has 0 heterocycles. The Balaban J connectivity index is 1.60. The molecule has 0 radical (unpaired) electrons. The van der Waals surface area contributed by atoms with Gasteiger partial charge in [-0.2, -0.15) is 0 Å². The number of carbonyl (C=O) groups is 2. The molecule has 4 heteroatoms. The molecule has 3 aromatic carbocycles.